The van der Waals surface area contributed by atoms with Crippen LogP contribution >= 0.6 is 15.9 Å². The molecule has 0 saturated heterocycles. The number of nitro benzene ring substituents is 1. The second-order valence-corrected chi connectivity index (χ2v) is 3.42. The highest BCUT2D eigenvalue weighted by Gasteiger charge is 2.18. The summed E-state index contributed by atoms with van der Waals surface area (Å²) in [7, 11) is 0. The van der Waals surface area contributed by atoms with Gasteiger partial charge < -0.3 is 11.5 Å². The molecule has 0 aliphatic carbocycles. The number of halogens is 1. The molecule has 1 rings (SSSR count). The number of amides is 1. The van der Waals surface area contributed by atoms with Gasteiger partial charge in [0.1, 0.15) is 5.69 Å². The van der Waals surface area contributed by atoms with Crippen LogP contribution in [0.4, 0.5) is 11.4 Å². The second kappa shape index (κ2) is 3.62. The van der Waals surface area contributed by atoms with Crippen LogP contribution in [-0.4, -0.2) is 10.8 Å². The minimum Gasteiger partial charge on any atom is -0.393 e. The first-order chi connectivity index (χ1) is 6.43. The summed E-state index contributed by atoms with van der Waals surface area (Å²) in [4.78, 5) is 20.7. The monoisotopic (exact) mass is 259 g/mol. The number of nitrogen functional groups attached to an aromatic ring is 1. The number of primary amides is 1. The van der Waals surface area contributed by atoms with E-state index in [1.807, 2.05) is 0 Å². The molecule has 0 aliphatic heterocycles. The van der Waals surface area contributed by atoms with Gasteiger partial charge in [0.05, 0.1) is 10.5 Å². The lowest BCUT2D eigenvalue weighted by Gasteiger charge is -2.02. The number of carbonyl (C=O) groups is 1. The van der Waals surface area contributed by atoms with Crippen LogP contribution in [0.25, 0.3) is 0 Å². The van der Waals surface area contributed by atoms with Crippen LogP contribution in [0.5, 0.6) is 0 Å². The van der Waals surface area contributed by atoms with E-state index in [4.69, 9.17) is 11.5 Å². The molecule has 1 aromatic carbocycles. The molecule has 0 spiro atoms. The minimum absolute atomic E-state index is 0.0638. The zero-order valence-corrected chi connectivity index (χ0v) is 8.45. The SMILES string of the molecule is NC(=O)c1cc(Br)cc([N+](=O)[O-])c1N. The van der Waals surface area contributed by atoms with E-state index in [0.29, 0.717) is 4.47 Å². The van der Waals surface area contributed by atoms with E-state index < -0.39 is 10.8 Å². The van der Waals surface area contributed by atoms with Gasteiger partial charge in [0, 0.05) is 10.5 Å². The Morgan fingerprint density at radius 1 is 1.50 bits per heavy atom. The normalized spacial score (nSPS) is 9.79. The summed E-state index contributed by atoms with van der Waals surface area (Å²) >= 11 is 3.02. The lowest BCUT2D eigenvalue weighted by molar-refractivity contribution is -0.384. The average molecular weight is 260 g/mol. The summed E-state index contributed by atoms with van der Waals surface area (Å²) in [6.45, 7) is 0. The molecule has 1 amide bonds. The molecule has 0 radical (unpaired) electrons. The van der Waals surface area contributed by atoms with Crippen molar-refractivity contribution >= 4 is 33.2 Å². The van der Waals surface area contributed by atoms with E-state index >= 15 is 0 Å². The van der Waals surface area contributed by atoms with Gasteiger partial charge in [-0.3, -0.25) is 14.9 Å². The Balaban J connectivity index is 3.47. The summed E-state index contributed by atoms with van der Waals surface area (Å²) < 4.78 is 0.382. The fourth-order valence-corrected chi connectivity index (χ4v) is 1.40. The summed E-state index contributed by atoms with van der Waals surface area (Å²) in [5.74, 6) is -0.799. The topological polar surface area (TPSA) is 112 Å². The Hall–Kier alpha value is -1.63. The van der Waals surface area contributed by atoms with Gasteiger partial charge in [-0.15, -0.1) is 0 Å². The molecule has 0 aliphatic rings. The lowest BCUT2D eigenvalue weighted by Crippen LogP contribution is -2.14. The molecule has 1 aromatic rings. The molecule has 74 valence electrons. The molecule has 0 unspecified atom stereocenters. The highest BCUT2D eigenvalue weighted by atomic mass is 79.9. The van der Waals surface area contributed by atoms with Crippen molar-refractivity contribution in [3.8, 4) is 0 Å². The van der Waals surface area contributed by atoms with Crippen LogP contribution in [0.1, 0.15) is 10.4 Å². The number of nitrogens with zero attached hydrogens (tertiary/aromatic N) is 1. The van der Waals surface area contributed by atoms with Gasteiger partial charge in [0.2, 0.25) is 0 Å². The van der Waals surface area contributed by atoms with E-state index in [0.717, 1.165) is 0 Å². The highest BCUT2D eigenvalue weighted by molar-refractivity contribution is 9.10. The third kappa shape index (κ3) is 1.82. The summed E-state index contributed by atoms with van der Waals surface area (Å²) in [5, 5.41) is 10.5. The van der Waals surface area contributed by atoms with E-state index in [-0.39, 0.29) is 16.9 Å². The van der Waals surface area contributed by atoms with Gasteiger partial charge in [-0.25, -0.2) is 0 Å². The van der Waals surface area contributed by atoms with E-state index in [2.05, 4.69) is 15.9 Å². The Morgan fingerprint density at radius 2 is 2.07 bits per heavy atom. The van der Waals surface area contributed by atoms with Crippen LogP contribution < -0.4 is 11.5 Å². The van der Waals surface area contributed by atoms with E-state index in [1.54, 1.807) is 0 Å². The molecule has 0 aromatic heterocycles. The Kier molecular flexibility index (Phi) is 2.70. The Bertz CT molecular complexity index is 384. The minimum atomic E-state index is -0.799. The van der Waals surface area contributed by atoms with Gasteiger partial charge in [-0.05, 0) is 6.07 Å². The van der Waals surface area contributed by atoms with Crippen molar-refractivity contribution in [3.63, 3.8) is 0 Å². The number of benzene rings is 1. The second-order valence-electron chi connectivity index (χ2n) is 2.51. The highest BCUT2D eigenvalue weighted by Crippen LogP contribution is 2.29. The maximum atomic E-state index is 10.8. The van der Waals surface area contributed by atoms with Crippen LogP contribution in [0.3, 0.4) is 0 Å². The maximum Gasteiger partial charge on any atom is 0.294 e. The van der Waals surface area contributed by atoms with Gasteiger partial charge in [0.25, 0.3) is 11.6 Å². The molecular weight excluding hydrogens is 254 g/mol. The van der Waals surface area contributed by atoms with Crippen LogP contribution in [0.15, 0.2) is 16.6 Å². The van der Waals surface area contributed by atoms with Crippen molar-refractivity contribution in [2.45, 2.75) is 0 Å². The Labute approximate surface area is 87.2 Å². The maximum absolute atomic E-state index is 10.8. The van der Waals surface area contributed by atoms with Crippen LogP contribution in [0, 0.1) is 10.1 Å². The predicted molar refractivity (Wildman–Crippen MR) is 53.7 cm³/mol. The standard InChI is InChI=1S/C7H6BrN3O3/c8-3-1-4(7(10)12)6(9)5(2-3)11(13)14/h1-2H,9H2,(H2,10,12). The molecule has 0 atom stereocenters. The number of hydrogen-bond acceptors (Lipinski definition) is 4. The summed E-state index contributed by atoms with van der Waals surface area (Å²) in [5.41, 5.74) is 9.76. The number of carbonyl (C=O) groups excluding carboxylic acids is 1. The molecular formula is C7H6BrN3O3. The molecule has 0 heterocycles. The average Bonchev–Trinajstić information content (AvgIpc) is 2.07. The van der Waals surface area contributed by atoms with Gasteiger partial charge >= 0.3 is 0 Å². The lowest BCUT2D eigenvalue weighted by atomic mass is 10.1. The van der Waals surface area contributed by atoms with Crippen molar-refractivity contribution in [3.05, 3.63) is 32.3 Å². The molecule has 6 nitrogen and oxygen atoms in total. The van der Waals surface area contributed by atoms with Crippen LogP contribution in [-0.2, 0) is 0 Å². The van der Waals surface area contributed by atoms with Crippen molar-refractivity contribution < 1.29 is 9.72 Å². The predicted octanol–water partition coefficient (Wildman–Crippen LogP) is 1.04. The zero-order valence-electron chi connectivity index (χ0n) is 6.86. The number of rotatable bonds is 2. The third-order valence-electron chi connectivity index (χ3n) is 1.59. The fraction of sp³-hybridized carbons (Fsp3) is 0. The molecule has 0 saturated carbocycles. The van der Waals surface area contributed by atoms with Crippen LogP contribution in [0.2, 0.25) is 0 Å². The first-order valence-electron chi connectivity index (χ1n) is 3.46. The van der Waals surface area contributed by atoms with Gasteiger partial charge in [-0.2, -0.15) is 0 Å². The number of nitro groups is 1. The molecule has 0 bridgehead atoms. The molecule has 0 fully saturated rings. The first-order valence-corrected chi connectivity index (χ1v) is 4.26. The van der Waals surface area contributed by atoms with Gasteiger partial charge in [-0.1, -0.05) is 15.9 Å². The number of nitrogens with two attached hydrogens (primary N) is 2. The van der Waals surface area contributed by atoms with Crippen molar-refractivity contribution in [1.82, 2.24) is 0 Å². The fourth-order valence-electron chi connectivity index (χ4n) is 0.959. The summed E-state index contributed by atoms with van der Waals surface area (Å²) in [6, 6.07) is 2.55. The quantitative estimate of drug-likeness (QED) is 0.469. The third-order valence-corrected chi connectivity index (χ3v) is 2.04. The van der Waals surface area contributed by atoms with Crippen molar-refractivity contribution in [1.29, 1.82) is 0 Å². The molecule has 4 N–H and O–H groups in total. The number of hydrogen-bond donors (Lipinski definition) is 2. The molecule has 14 heavy (non-hydrogen) atoms. The van der Waals surface area contributed by atoms with Gasteiger partial charge in [0.15, 0.2) is 0 Å². The van der Waals surface area contributed by atoms with E-state index in [9.17, 15) is 14.9 Å². The van der Waals surface area contributed by atoms with E-state index in [1.165, 1.54) is 12.1 Å². The molecule has 7 heteroatoms. The largest absolute Gasteiger partial charge is 0.393 e. The Morgan fingerprint density at radius 3 is 2.50 bits per heavy atom. The number of anilines is 1. The van der Waals surface area contributed by atoms with Crippen molar-refractivity contribution in [2.75, 3.05) is 5.73 Å². The zero-order chi connectivity index (χ0) is 10.9. The smallest absolute Gasteiger partial charge is 0.294 e. The summed E-state index contributed by atoms with van der Waals surface area (Å²) in [6.07, 6.45) is 0. The first kappa shape index (κ1) is 10.5. The van der Waals surface area contributed by atoms with Crippen molar-refractivity contribution in [2.24, 2.45) is 5.73 Å².